The van der Waals surface area contributed by atoms with Crippen LogP contribution in [0.25, 0.3) is 0 Å². The maximum atomic E-state index is 4.57. The second-order valence-corrected chi connectivity index (χ2v) is 2.27. The third-order valence-electron chi connectivity index (χ3n) is 1.49. The number of benzene rings is 1. The predicted octanol–water partition coefficient (Wildman–Crippen LogP) is 1.98. The molecule has 1 aromatic carbocycles. The van der Waals surface area contributed by atoms with Gasteiger partial charge in [0, 0.05) is 0 Å². The third-order valence-corrected chi connectivity index (χ3v) is 1.49. The topological polar surface area (TPSA) is 21.6 Å². The summed E-state index contributed by atoms with van der Waals surface area (Å²) < 4.78 is 0. The van der Waals surface area contributed by atoms with Crippen molar-refractivity contribution in [3.05, 3.63) is 35.4 Å². The Morgan fingerprint density at radius 1 is 1.36 bits per heavy atom. The van der Waals surface area contributed by atoms with Crippen LogP contribution in [-0.4, -0.2) is 13.3 Å². The van der Waals surface area contributed by atoms with E-state index in [2.05, 4.69) is 9.99 Å². The smallest absolute Gasteiger partial charge is 0.106 e. The van der Waals surface area contributed by atoms with Crippen molar-refractivity contribution in [1.29, 1.82) is 0 Å². The van der Waals surface area contributed by atoms with Gasteiger partial charge in [-0.1, -0.05) is 29.4 Å². The van der Waals surface area contributed by atoms with Gasteiger partial charge in [-0.2, -0.15) is 0 Å². The van der Waals surface area contributed by atoms with Crippen LogP contribution in [0.3, 0.4) is 0 Å². The minimum atomic E-state index is 1.09. The zero-order valence-corrected chi connectivity index (χ0v) is 6.74. The number of hydrogen-bond acceptors (Lipinski definition) is 2. The molecule has 0 bridgehead atoms. The molecular formula is C9H11NO. The molecule has 0 aliphatic heterocycles. The monoisotopic (exact) mass is 149 g/mol. The molecule has 0 unspecified atom stereocenters. The van der Waals surface area contributed by atoms with E-state index in [0.29, 0.717) is 0 Å². The van der Waals surface area contributed by atoms with Crippen LogP contribution in [-0.2, 0) is 4.84 Å². The normalized spacial score (nSPS) is 10.4. The molecule has 0 amide bonds. The van der Waals surface area contributed by atoms with Crippen LogP contribution in [0.2, 0.25) is 0 Å². The first-order chi connectivity index (χ1) is 5.34. The number of hydrogen-bond donors (Lipinski definition) is 0. The van der Waals surface area contributed by atoms with Crippen molar-refractivity contribution in [2.75, 3.05) is 7.11 Å². The fourth-order valence-electron chi connectivity index (χ4n) is 0.841. The van der Waals surface area contributed by atoms with Crippen LogP contribution in [0, 0.1) is 6.92 Å². The summed E-state index contributed by atoms with van der Waals surface area (Å²) in [6.45, 7) is 2.04. The van der Waals surface area contributed by atoms with Crippen LogP contribution in [0.4, 0.5) is 0 Å². The number of oxime groups is 1. The molecule has 11 heavy (non-hydrogen) atoms. The first kappa shape index (κ1) is 7.79. The Morgan fingerprint density at radius 3 is 2.73 bits per heavy atom. The van der Waals surface area contributed by atoms with Gasteiger partial charge in [0.1, 0.15) is 7.11 Å². The molecule has 0 spiro atoms. The second-order valence-electron chi connectivity index (χ2n) is 2.27. The minimum absolute atomic E-state index is 1.09. The van der Waals surface area contributed by atoms with E-state index in [0.717, 1.165) is 5.56 Å². The van der Waals surface area contributed by atoms with Gasteiger partial charge < -0.3 is 4.84 Å². The van der Waals surface area contributed by atoms with Gasteiger partial charge in [-0.05, 0) is 18.1 Å². The van der Waals surface area contributed by atoms with E-state index in [1.54, 1.807) is 6.21 Å². The molecule has 2 heteroatoms. The van der Waals surface area contributed by atoms with Crippen LogP contribution in [0.5, 0.6) is 0 Å². The lowest BCUT2D eigenvalue weighted by molar-refractivity contribution is 0.215. The summed E-state index contributed by atoms with van der Waals surface area (Å²) in [5.74, 6) is 0. The van der Waals surface area contributed by atoms with Gasteiger partial charge >= 0.3 is 0 Å². The molecule has 1 rings (SSSR count). The lowest BCUT2D eigenvalue weighted by atomic mass is 10.1. The summed E-state index contributed by atoms with van der Waals surface area (Å²) in [6, 6.07) is 8.01. The summed E-state index contributed by atoms with van der Waals surface area (Å²) in [5, 5.41) is 3.68. The minimum Gasteiger partial charge on any atom is -0.399 e. The highest BCUT2D eigenvalue weighted by Gasteiger charge is 1.90. The second kappa shape index (κ2) is 3.76. The Morgan fingerprint density at radius 2 is 2.09 bits per heavy atom. The van der Waals surface area contributed by atoms with Crippen molar-refractivity contribution in [1.82, 2.24) is 0 Å². The molecule has 0 heterocycles. The lowest BCUT2D eigenvalue weighted by Crippen LogP contribution is -1.85. The van der Waals surface area contributed by atoms with Crippen molar-refractivity contribution >= 4 is 6.21 Å². The fraction of sp³-hybridized carbons (Fsp3) is 0.222. The lowest BCUT2D eigenvalue weighted by Gasteiger charge is -1.95. The highest BCUT2D eigenvalue weighted by molar-refractivity contribution is 5.80. The zero-order valence-electron chi connectivity index (χ0n) is 6.74. The van der Waals surface area contributed by atoms with E-state index in [4.69, 9.17) is 0 Å². The number of aryl methyl sites for hydroxylation is 1. The van der Waals surface area contributed by atoms with Gasteiger partial charge in [0.15, 0.2) is 0 Å². The molecule has 0 aliphatic carbocycles. The van der Waals surface area contributed by atoms with Gasteiger partial charge in [0.2, 0.25) is 0 Å². The van der Waals surface area contributed by atoms with Crippen LogP contribution < -0.4 is 0 Å². The van der Waals surface area contributed by atoms with Gasteiger partial charge in [-0.25, -0.2) is 0 Å². The Hall–Kier alpha value is -1.31. The summed E-state index contributed by atoms with van der Waals surface area (Å²) in [4.78, 5) is 4.57. The molecule has 0 atom stereocenters. The van der Waals surface area contributed by atoms with Gasteiger partial charge in [-0.15, -0.1) is 0 Å². The Balaban J connectivity index is 2.86. The van der Waals surface area contributed by atoms with Gasteiger partial charge in [-0.3, -0.25) is 0 Å². The average molecular weight is 149 g/mol. The summed E-state index contributed by atoms with van der Waals surface area (Å²) in [5.41, 5.74) is 2.29. The van der Waals surface area contributed by atoms with Crippen LogP contribution in [0.1, 0.15) is 11.1 Å². The van der Waals surface area contributed by atoms with Crippen molar-refractivity contribution in [2.24, 2.45) is 5.16 Å². The Bertz CT molecular complexity index is 255. The molecule has 0 saturated heterocycles. The van der Waals surface area contributed by atoms with E-state index in [1.165, 1.54) is 12.7 Å². The number of rotatable bonds is 2. The quantitative estimate of drug-likeness (QED) is 0.465. The highest BCUT2D eigenvalue weighted by Crippen LogP contribution is 2.03. The highest BCUT2D eigenvalue weighted by atomic mass is 16.6. The maximum absolute atomic E-state index is 4.57. The first-order valence-electron chi connectivity index (χ1n) is 3.47. The van der Waals surface area contributed by atoms with E-state index in [9.17, 15) is 0 Å². The van der Waals surface area contributed by atoms with Gasteiger partial charge in [0.25, 0.3) is 0 Å². The summed E-state index contributed by atoms with van der Waals surface area (Å²) in [6.07, 6.45) is 1.70. The standard InChI is InChI=1S/C9H11NO/c1-8-5-3-4-6-9(8)7-10-11-2/h3-7H,1-2H3/b10-7+. The Labute approximate surface area is 66.5 Å². The summed E-state index contributed by atoms with van der Waals surface area (Å²) in [7, 11) is 1.54. The SMILES string of the molecule is CO/N=C/c1ccccc1C. The molecule has 1 aromatic rings. The molecule has 58 valence electrons. The molecule has 0 aromatic heterocycles. The van der Waals surface area contributed by atoms with Gasteiger partial charge in [0.05, 0.1) is 6.21 Å². The largest absolute Gasteiger partial charge is 0.399 e. The Kier molecular flexibility index (Phi) is 2.66. The van der Waals surface area contributed by atoms with Crippen molar-refractivity contribution in [3.8, 4) is 0 Å². The van der Waals surface area contributed by atoms with Crippen molar-refractivity contribution in [2.45, 2.75) is 6.92 Å². The average Bonchev–Trinajstić information content (AvgIpc) is 2.03. The predicted molar refractivity (Wildman–Crippen MR) is 45.8 cm³/mol. The van der Waals surface area contributed by atoms with E-state index < -0.39 is 0 Å². The number of nitrogens with zero attached hydrogens (tertiary/aromatic N) is 1. The third kappa shape index (κ3) is 2.08. The molecule has 0 saturated carbocycles. The molecule has 0 N–H and O–H groups in total. The molecule has 0 radical (unpaired) electrons. The molecular weight excluding hydrogens is 138 g/mol. The molecule has 2 nitrogen and oxygen atoms in total. The molecule has 0 aliphatic rings. The molecule has 0 fully saturated rings. The van der Waals surface area contributed by atoms with E-state index in [1.807, 2.05) is 31.2 Å². The zero-order chi connectivity index (χ0) is 8.10. The van der Waals surface area contributed by atoms with E-state index >= 15 is 0 Å². The summed E-state index contributed by atoms with van der Waals surface area (Å²) >= 11 is 0. The first-order valence-corrected chi connectivity index (χ1v) is 3.47. The van der Waals surface area contributed by atoms with E-state index in [-0.39, 0.29) is 0 Å². The fourth-order valence-corrected chi connectivity index (χ4v) is 0.841. The van der Waals surface area contributed by atoms with Crippen LogP contribution >= 0.6 is 0 Å². The van der Waals surface area contributed by atoms with Crippen molar-refractivity contribution in [3.63, 3.8) is 0 Å². The van der Waals surface area contributed by atoms with Crippen LogP contribution in [0.15, 0.2) is 29.4 Å². The maximum Gasteiger partial charge on any atom is 0.106 e. The van der Waals surface area contributed by atoms with Crippen molar-refractivity contribution < 1.29 is 4.84 Å².